The Kier molecular flexibility index (Phi) is 4.47. The van der Waals surface area contributed by atoms with Gasteiger partial charge in [0.25, 0.3) is 0 Å². The molecule has 0 saturated heterocycles. The Labute approximate surface area is 98.6 Å². The van der Waals surface area contributed by atoms with Gasteiger partial charge in [-0.25, -0.2) is 0 Å². The zero-order valence-electron chi connectivity index (χ0n) is 9.22. The van der Waals surface area contributed by atoms with Gasteiger partial charge < -0.3 is 21.9 Å². The smallest absolute Gasteiger partial charge is 0.241 e. The number of aromatic hydroxyl groups is 1. The summed E-state index contributed by atoms with van der Waals surface area (Å²) < 4.78 is 0. The van der Waals surface area contributed by atoms with Crippen molar-refractivity contribution in [3.8, 4) is 5.75 Å². The van der Waals surface area contributed by atoms with Crippen LogP contribution in [0.3, 0.4) is 0 Å². The van der Waals surface area contributed by atoms with E-state index in [1.54, 1.807) is 12.1 Å². The lowest BCUT2D eigenvalue weighted by molar-refractivity contribution is -0.119. The molecule has 0 bridgehead atoms. The molecule has 1 rings (SSSR count). The molecule has 1 aromatic carbocycles. The normalized spacial score (nSPS) is 11.8. The van der Waals surface area contributed by atoms with Gasteiger partial charge in [-0.1, -0.05) is 0 Å². The highest BCUT2D eigenvalue weighted by molar-refractivity contribution is 5.94. The molecule has 0 radical (unpaired) electrons. The van der Waals surface area contributed by atoms with Gasteiger partial charge in [-0.15, -0.1) is 0 Å². The van der Waals surface area contributed by atoms with Gasteiger partial charge in [0.05, 0.1) is 6.04 Å². The van der Waals surface area contributed by atoms with Gasteiger partial charge >= 0.3 is 0 Å². The maximum absolute atomic E-state index is 11.6. The molecule has 2 amide bonds. The van der Waals surface area contributed by atoms with Crippen molar-refractivity contribution in [2.45, 2.75) is 18.9 Å². The Balaban J connectivity index is 2.48. The molecular formula is C11H15N3O3. The molecule has 0 spiro atoms. The molecule has 6 N–H and O–H groups in total. The van der Waals surface area contributed by atoms with Crippen LogP contribution in [0.5, 0.6) is 5.75 Å². The molecule has 0 aliphatic carbocycles. The van der Waals surface area contributed by atoms with Crippen molar-refractivity contribution < 1.29 is 14.7 Å². The second kappa shape index (κ2) is 5.86. The number of anilines is 1. The number of benzene rings is 1. The van der Waals surface area contributed by atoms with Crippen LogP contribution < -0.4 is 16.8 Å². The van der Waals surface area contributed by atoms with E-state index in [0.29, 0.717) is 5.69 Å². The average molecular weight is 237 g/mol. The number of nitrogens with two attached hydrogens (primary N) is 2. The second-order valence-corrected chi connectivity index (χ2v) is 3.65. The molecule has 6 heteroatoms. The summed E-state index contributed by atoms with van der Waals surface area (Å²) in [6, 6.07) is 5.22. The Morgan fingerprint density at radius 3 is 2.41 bits per heavy atom. The zero-order chi connectivity index (χ0) is 12.8. The largest absolute Gasteiger partial charge is 0.508 e. The molecule has 6 nitrogen and oxygen atoms in total. The molecule has 0 heterocycles. The Morgan fingerprint density at radius 1 is 1.29 bits per heavy atom. The average Bonchev–Trinajstić information content (AvgIpc) is 2.28. The van der Waals surface area contributed by atoms with Crippen LogP contribution in [0.25, 0.3) is 0 Å². The quantitative estimate of drug-likeness (QED) is 0.536. The van der Waals surface area contributed by atoms with Crippen LogP contribution in [0.2, 0.25) is 0 Å². The fraction of sp³-hybridized carbons (Fsp3) is 0.273. The van der Waals surface area contributed by atoms with Crippen LogP contribution in [-0.2, 0) is 9.59 Å². The highest BCUT2D eigenvalue weighted by atomic mass is 16.3. The minimum atomic E-state index is -0.781. The maximum Gasteiger partial charge on any atom is 0.241 e. The van der Waals surface area contributed by atoms with Crippen molar-refractivity contribution in [3.63, 3.8) is 0 Å². The van der Waals surface area contributed by atoms with Crippen molar-refractivity contribution in [2.75, 3.05) is 5.32 Å². The number of carbonyl (C=O) groups is 2. The van der Waals surface area contributed by atoms with Crippen LogP contribution in [0.1, 0.15) is 12.8 Å². The van der Waals surface area contributed by atoms with Crippen LogP contribution in [0.4, 0.5) is 5.69 Å². The number of nitrogens with one attached hydrogen (secondary N) is 1. The lowest BCUT2D eigenvalue weighted by atomic mass is 10.1. The van der Waals surface area contributed by atoms with Crippen molar-refractivity contribution in [2.24, 2.45) is 11.5 Å². The second-order valence-electron chi connectivity index (χ2n) is 3.65. The number of phenolic OH excluding ortho intramolecular Hbond substituents is 1. The molecule has 1 aromatic rings. The third kappa shape index (κ3) is 4.52. The molecule has 0 aliphatic heterocycles. The number of hydrogen-bond donors (Lipinski definition) is 4. The summed E-state index contributed by atoms with van der Waals surface area (Å²) >= 11 is 0. The summed E-state index contributed by atoms with van der Waals surface area (Å²) in [6.07, 6.45) is 0.281. The standard InChI is InChI=1S/C11H15N3O3/c12-9(5-6-10(13)16)11(17)14-7-1-3-8(15)4-2-7/h1-4,9,15H,5-6,12H2,(H2,13,16)(H,14,17)/t9-/m0/s1. The topological polar surface area (TPSA) is 118 Å². The first kappa shape index (κ1) is 13.0. The van der Waals surface area contributed by atoms with Crippen LogP contribution in [0, 0.1) is 0 Å². The van der Waals surface area contributed by atoms with Crippen molar-refractivity contribution in [1.29, 1.82) is 0 Å². The number of rotatable bonds is 5. The third-order valence-electron chi connectivity index (χ3n) is 2.17. The van der Waals surface area contributed by atoms with E-state index in [1.165, 1.54) is 12.1 Å². The molecule has 92 valence electrons. The summed E-state index contributed by atoms with van der Waals surface area (Å²) in [5.41, 5.74) is 11.1. The van der Waals surface area contributed by atoms with Gasteiger partial charge in [0, 0.05) is 12.1 Å². The monoisotopic (exact) mass is 237 g/mol. The van der Waals surface area contributed by atoms with E-state index < -0.39 is 17.9 Å². The lowest BCUT2D eigenvalue weighted by Gasteiger charge is -2.11. The highest BCUT2D eigenvalue weighted by Gasteiger charge is 2.14. The molecule has 0 aliphatic rings. The summed E-state index contributed by atoms with van der Waals surface area (Å²) in [4.78, 5) is 22.1. The van der Waals surface area contributed by atoms with Crippen molar-refractivity contribution in [3.05, 3.63) is 24.3 Å². The zero-order valence-corrected chi connectivity index (χ0v) is 9.22. The van der Waals surface area contributed by atoms with Crippen LogP contribution >= 0.6 is 0 Å². The number of primary amides is 1. The fourth-order valence-corrected chi connectivity index (χ4v) is 1.21. The van der Waals surface area contributed by atoms with Gasteiger partial charge in [-0.3, -0.25) is 9.59 Å². The number of hydrogen-bond acceptors (Lipinski definition) is 4. The van der Waals surface area contributed by atoms with E-state index in [0.717, 1.165) is 0 Å². The third-order valence-corrected chi connectivity index (χ3v) is 2.17. The van der Waals surface area contributed by atoms with Crippen molar-refractivity contribution in [1.82, 2.24) is 0 Å². The van der Waals surface area contributed by atoms with Gasteiger partial charge in [0.2, 0.25) is 11.8 Å². The lowest BCUT2D eigenvalue weighted by Crippen LogP contribution is -2.36. The predicted octanol–water partition coefficient (Wildman–Crippen LogP) is -0.0765. The number of carbonyl (C=O) groups excluding carboxylic acids is 2. The Hall–Kier alpha value is -2.08. The summed E-state index contributed by atoms with van der Waals surface area (Å²) in [7, 11) is 0. The molecule has 0 saturated carbocycles. The van der Waals surface area contributed by atoms with Gasteiger partial charge in [0.1, 0.15) is 5.75 Å². The molecular weight excluding hydrogens is 222 g/mol. The van der Waals surface area contributed by atoms with E-state index in [9.17, 15) is 9.59 Å². The summed E-state index contributed by atoms with van der Waals surface area (Å²) in [6.45, 7) is 0. The minimum Gasteiger partial charge on any atom is -0.508 e. The first-order chi connectivity index (χ1) is 7.99. The van der Waals surface area contributed by atoms with Crippen LogP contribution in [0.15, 0.2) is 24.3 Å². The number of phenols is 1. The molecule has 17 heavy (non-hydrogen) atoms. The van der Waals surface area contributed by atoms with Crippen molar-refractivity contribution >= 4 is 17.5 Å². The first-order valence-electron chi connectivity index (χ1n) is 5.13. The molecule has 1 atom stereocenters. The van der Waals surface area contributed by atoms with E-state index >= 15 is 0 Å². The van der Waals surface area contributed by atoms with Gasteiger partial charge in [-0.2, -0.15) is 0 Å². The molecule has 0 fully saturated rings. The van der Waals surface area contributed by atoms with Gasteiger partial charge in [0.15, 0.2) is 0 Å². The van der Waals surface area contributed by atoms with Crippen LogP contribution in [-0.4, -0.2) is 23.0 Å². The van der Waals surface area contributed by atoms with Gasteiger partial charge in [-0.05, 0) is 30.7 Å². The molecule has 0 unspecified atom stereocenters. The Morgan fingerprint density at radius 2 is 1.88 bits per heavy atom. The first-order valence-corrected chi connectivity index (χ1v) is 5.13. The molecule has 0 aromatic heterocycles. The minimum absolute atomic E-state index is 0.0736. The Bertz CT molecular complexity index is 403. The van der Waals surface area contributed by atoms with E-state index in [4.69, 9.17) is 16.6 Å². The predicted molar refractivity (Wildman–Crippen MR) is 63.1 cm³/mol. The SMILES string of the molecule is NC(=O)CC[C@H](N)C(=O)Nc1ccc(O)cc1. The highest BCUT2D eigenvalue weighted by Crippen LogP contribution is 2.13. The van der Waals surface area contributed by atoms with E-state index in [2.05, 4.69) is 5.32 Å². The fourth-order valence-electron chi connectivity index (χ4n) is 1.21. The summed E-state index contributed by atoms with van der Waals surface area (Å²) in [5, 5.41) is 11.6. The number of amides is 2. The van der Waals surface area contributed by atoms with E-state index in [1.807, 2.05) is 0 Å². The van der Waals surface area contributed by atoms with E-state index in [-0.39, 0.29) is 18.6 Å². The summed E-state index contributed by atoms with van der Waals surface area (Å²) in [5.74, 6) is -0.768. The maximum atomic E-state index is 11.6.